The number of halogens is 1. The molecule has 5 heteroatoms. The molecule has 1 aliphatic rings. The molecule has 19 heavy (non-hydrogen) atoms. The number of rotatable bonds is 4. The molecule has 0 amide bonds. The summed E-state index contributed by atoms with van der Waals surface area (Å²) in [5, 5.41) is 4.94. The van der Waals surface area contributed by atoms with E-state index in [1.807, 2.05) is 18.2 Å². The number of nitrogens with zero attached hydrogens (tertiary/aromatic N) is 1. The maximum atomic E-state index is 6.01. The lowest BCUT2D eigenvalue weighted by atomic mass is 10.1. The summed E-state index contributed by atoms with van der Waals surface area (Å²) in [4.78, 5) is 4.70. The SMILES string of the molecule is COc1ccc(Cl)cc1NC1=NC(CC(C)C)CS1. The van der Waals surface area contributed by atoms with Crippen LogP contribution in [0.25, 0.3) is 0 Å². The highest BCUT2D eigenvalue weighted by molar-refractivity contribution is 8.14. The quantitative estimate of drug-likeness (QED) is 0.901. The number of nitrogens with one attached hydrogen (secondary N) is 1. The molecule has 0 aromatic heterocycles. The third kappa shape index (κ3) is 4.05. The van der Waals surface area contributed by atoms with E-state index in [9.17, 15) is 0 Å². The van der Waals surface area contributed by atoms with Crippen LogP contribution >= 0.6 is 23.4 Å². The average molecular weight is 299 g/mol. The molecule has 1 heterocycles. The first-order valence-electron chi connectivity index (χ1n) is 6.39. The largest absolute Gasteiger partial charge is 0.495 e. The Balaban J connectivity index is 2.07. The molecule has 104 valence electrons. The lowest BCUT2D eigenvalue weighted by molar-refractivity contribution is 0.417. The van der Waals surface area contributed by atoms with E-state index in [0.717, 1.165) is 28.8 Å². The third-order valence-electron chi connectivity index (χ3n) is 2.86. The number of benzene rings is 1. The van der Waals surface area contributed by atoms with E-state index in [2.05, 4.69) is 19.2 Å². The normalized spacial score (nSPS) is 18.6. The molecule has 0 radical (unpaired) electrons. The maximum absolute atomic E-state index is 6.01. The number of thioether (sulfide) groups is 1. The molecule has 1 N–H and O–H groups in total. The van der Waals surface area contributed by atoms with Crippen molar-refractivity contribution in [1.29, 1.82) is 0 Å². The topological polar surface area (TPSA) is 33.6 Å². The Kier molecular flexibility index (Phi) is 4.99. The van der Waals surface area contributed by atoms with Crippen LogP contribution in [0.15, 0.2) is 23.2 Å². The monoisotopic (exact) mass is 298 g/mol. The summed E-state index contributed by atoms with van der Waals surface area (Å²) in [5.41, 5.74) is 0.867. The Morgan fingerprint density at radius 2 is 2.32 bits per heavy atom. The summed E-state index contributed by atoms with van der Waals surface area (Å²) < 4.78 is 5.32. The first kappa shape index (κ1) is 14.5. The van der Waals surface area contributed by atoms with Crippen molar-refractivity contribution in [1.82, 2.24) is 0 Å². The first-order chi connectivity index (χ1) is 9.08. The fraction of sp³-hybridized carbons (Fsp3) is 0.500. The van der Waals surface area contributed by atoms with Gasteiger partial charge in [0, 0.05) is 10.8 Å². The number of hydrogen-bond donors (Lipinski definition) is 1. The standard InChI is InChI=1S/C14H19ClN2OS/c1-9(2)6-11-8-19-14(16-11)17-12-7-10(15)4-5-13(12)18-3/h4-5,7,9,11H,6,8H2,1-3H3,(H,16,17). The highest BCUT2D eigenvalue weighted by Crippen LogP contribution is 2.30. The Labute approximate surface area is 123 Å². The molecule has 0 saturated heterocycles. The second kappa shape index (κ2) is 6.53. The van der Waals surface area contributed by atoms with Crippen LogP contribution in [0.2, 0.25) is 5.02 Å². The van der Waals surface area contributed by atoms with Crippen LogP contribution in [0.3, 0.4) is 0 Å². The summed E-state index contributed by atoms with van der Waals surface area (Å²) in [7, 11) is 1.65. The van der Waals surface area contributed by atoms with Crippen molar-refractivity contribution in [2.24, 2.45) is 10.9 Å². The van der Waals surface area contributed by atoms with Crippen LogP contribution in [-0.4, -0.2) is 24.1 Å². The fourth-order valence-corrected chi connectivity index (χ4v) is 3.18. The van der Waals surface area contributed by atoms with Gasteiger partial charge in [-0.15, -0.1) is 0 Å². The smallest absolute Gasteiger partial charge is 0.161 e. The minimum atomic E-state index is 0.415. The first-order valence-corrected chi connectivity index (χ1v) is 7.76. The van der Waals surface area contributed by atoms with Gasteiger partial charge in [-0.3, -0.25) is 4.99 Å². The van der Waals surface area contributed by atoms with Crippen LogP contribution in [-0.2, 0) is 0 Å². The number of aliphatic imine (C=N–C) groups is 1. The minimum Gasteiger partial charge on any atom is -0.495 e. The van der Waals surface area contributed by atoms with E-state index in [-0.39, 0.29) is 0 Å². The van der Waals surface area contributed by atoms with Gasteiger partial charge >= 0.3 is 0 Å². The summed E-state index contributed by atoms with van der Waals surface area (Å²) >= 11 is 7.77. The van der Waals surface area contributed by atoms with Crippen molar-refractivity contribution < 1.29 is 4.74 Å². The molecule has 1 unspecified atom stereocenters. The van der Waals surface area contributed by atoms with Crippen LogP contribution in [0.5, 0.6) is 5.75 Å². The number of anilines is 1. The highest BCUT2D eigenvalue weighted by Gasteiger charge is 2.20. The van der Waals surface area contributed by atoms with E-state index in [1.54, 1.807) is 18.9 Å². The zero-order valence-corrected chi connectivity index (χ0v) is 13.0. The van der Waals surface area contributed by atoms with E-state index < -0.39 is 0 Å². The fourth-order valence-electron chi connectivity index (χ4n) is 2.04. The van der Waals surface area contributed by atoms with Crippen molar-refractivity contribution in [2.75, 3.05) is 18.2 Å². The number of methoxy groups -OCH3 is 1. The van der Waals surface area contributed by atoms with Crippen molar-refractivity contribution in [3.8, 4) is 5.75 Å². The van der Waals surface area contributed by atoms with Crippen LogP contribution < -0.4 is 10.1 Å². The average Bonchev–Trinajstić information content (AvgIpc) is 2.76. The Morgan fingerprint density at radius 3 is 3.00 bits per heavy atom. The van der Waals surface area contributed by atoms with Gasteiger partial charge in [0.15, 0.2) is 5.17 Å². The molecule has 0 spiro atoms. The second-order valence-electron chi connectivity index (χ2n) is 5.00. The Hall–Kier alpha value is -0.870. The molecule has 0 fully saturated rings. The van der Waals surface area contributed by atoms with Crippen molar-refractivity contribution in [2.45, 2.75) is 26.3 Å². The predicted octanol–water partition coefficient (Wildman–Crippen LogP) is 4.28. The van der Waals surface area contributed by atoms with Gasteiger partial charge in [0.1, 0.15) is 5.75 Å². The molecule has 0 aliphatic carbocycles. The molecule has 3 nitrogen and oxygen atoms in total. The molecule has 0 bridgehead atoms. The zero-order chi connectivity index (χ0) is 13.8. The predicted molar refractivity (Wildman–Crippen MR) is 84.8 cm³/mol. The summed E-state index contributed by atoms with van der Waals surface area (Å²) in [6.07, 6.45) is 1.13. The molecule has 1 atom stereocenters. The van der Waals surface area contributed by atoms with Gasteiger partial charge in [-0.2, -0.15) is 0 Å². The minimum absolute atomic E-state index is 0.415. The van der Waals surface area contributed by atoms with Gasteiger partial charge in [0.2, 0.25) is 0 Å². The van der Waals surface area contributed by atoms with Gasteiger partial charge in [0.25, 0.3) is 0 Å². The van der Waals surface area contributed by atoms with Crippen molar-refractivity contribution in [3.05, 3.63) is 23.2 Å². The summed E-state index contributed by atoms with van der Waals surface area (Å²) in [6, 6.07) is 5.95. The summed E-state index contributed by atoms with van der Waals surface area (Å²) in [6.45, 7) is 4.46. The zero-order valence-electron chi connectivity index (χ0n) is 11.4. The third-order valence-corrected chi connectivity index (χ3v) is 4.13. The van der Waals surface area contributed by atoms with Crippen LogP contribution in [0.4, 0.5) is 5.69 Å². The molecule has 2 rings (SSSR count). The number of hydrogen-bond acceptors (Lipinski definition) is 4. The molecular formula is C14H19ClN2OS. The maximum Gasteiger partial charge on any atom is 0.161 e. The Morgan fingerprint density at radius 1 is 1.53 bits per heavy atom. The Bertz CT molecular complexity index is 477. The number of amidine groups is 1. The van der Waals surface area contributed by atoms with Gasteiger partial charge in [-0.1, -0.05) is 37.2 Å². The van der Waals surface area contributed by atoms with E-state index >= 15 is 0 Å². The van der Waals surface area contributed by atoms with Crippen molar-refractivity contribution in [3.63, 3.8) is 0 Å². The van der Waals surface area contributed by atoms with Gasteiger partial charge in [0.05, 0.1) is 18.8 Å². The van der Waals surface area contributed by atoms with E-state index in [0.29, 0.717) is 17.0 Å². The lowest BCUT2D eigenvalue weighted by Crippen LogP contribution is -2.08. The molecule has 0 saturated carbocycles. The number of ether oxygens (including phenoxy) is 1. The van der Waals surface area contributed by atoms with Crippen LogP contribution in [0, 0.1) is 5.92 Å². The lowest BCUT2D eigenvalue weighted by Gasteiger charge is -2.10. The van der Waals surface area contributed by atoms with Gasteiger partial charge in [-0.05, 0) is 30.5 Å². The van der Waals surface area contributed by atoms with E-state index in [4.69, 9.17) is 21.3 Å². The van der Waals surface area contributed by atoms with Crippen LogP contribution in [0.1, 0.15) is 20.3 Å². The molecular weight excluding hydrogens is 280 g/mol. The summed E-state index contributed by atoms with van der Waals surface area (Å²) in [5.74, 6) is 2.50. The molecule has 1 aromatic carbocycles. The van der Waals surface area contributed by atoms with Gasteiger partial charge < -0.3 is 10.1 Å². The van der Waals surface area contributed by atoms with Gasteiger partial charge in [-0.25, -0.2) is 0 Å². The molecule has 1 aliphatic heterocycles. The van der Waals surface area contributed by atoms with Crippen molar-refractivity contribution >= 4 is 34.2 Å². The second-order valence-corrected chi connectivity index (χ2v) is 6.44. The van der Waals surface area contributed by atoms with E-state index in [1.165, 1.54) is 0 Å². The highest BCUT2D eigenvalue weighted by atomic mass is 35.5. The molecule has 1 aromatic rings.